The fourth-order valence-corrected chi connectivity index (χ4v) is 1.92. The van der Waals surface area contributed by atoms with E-state index in [1.54, 1.807) is 0 Å². The number of nitrogens with two attached hydrogens (primary N) is 1. The molecule has 2 heterocycles. The molecule has 1 aromatic carbocycles. The third-order valence-electron chi connectivity index (χ3n) is 2.80. The van der Waals surface area contributed by atoms with Gasteiger partial charge in [-0.15, -0.1) is 0 Å². The van der Waals surface area contributed by atoms with Crippen LogP contribution in [0.4, 0.5) is 0 Å². The van der Waals surface area contributed by atoms with Crippen LogP contribution in [0.1, 0.15) is 18.1 Å². The van der Waals surface area contributed by atoms with Gasteiger partial charge in [-0.25, -0.2) is 0 Å². The Hall–Kier alpha value is -1.75. The summed E-state index contributed by atoms with van der Waals surface area (Å²) in [6.45, 7) is 0.239. The topological polar surface area (TPSA) is 70.8 Å². The second-order valence-corrected chi connectivity index (χ2v) is 3.88. The number of hydrogen-bond donors (Lipinski definition) is 1. The Morgan fingerprint density at radius 1 is 1.25 bits per heavy atom. The molecular weight excluding hydrogens is 210 g/mol. The van der Waals surface area contributed by atoms with E-state index in [2.05, 4.69) is 0 Å². The largest absolute Gasteiger partial charge is 0.456 e. The Bertz CT molecular complexity index is 446. The Morgan fingerprint density at radius 2 is 2.06 bits per heavy atom. The van der Waals surface area contributed by atoms with Gasteiger partial charge < -0.3 is 19.9 Å². The van der Waals surface area contributed by atoms with Gasteiger partial charge in [0.25, 0.3) is 0 Å². The third-order valence-corrected chi connectivity index (χ3v) is 2.80. The zero-order valence-electron chi connectivity index (χ0n) is 8.51. The van der Waals surface area contributed by atoms with Crippen molar-refractivity contribution in [3.63, 3.8) is 0 Å². The van der Waals surface area contributed by atoms with Gasteiger partial charge in [0.15, 0.2) is 11.5 Å². The summed E-state index contributed by atoms with van der Waals surface area (Å²) in [6.07, 6.45) is 0.246. The van der Waals surface area contributed by atoms with Crippen molar-refractivity contribution in [2.45, 2.75) is 18.6 Å². The van der Waals surface area contributed by atoms with Crippen molar-refractivity contribution < 1.29 is 19.0 Å². The lowest BCUT2D eigenvalue weighted by molar-refractivity contribution is -0.142. The van der Waals surface area contributed by atoms with E-state index < -0.39 is 6.04 Å². The molecule has 16 heavy (non-hydrogen) atoms. The van der Waals surface area contributed by atoms with Crippen LogP contribution < -0.4 is 15.2 Å². The number of benzene rings is 1. The second kappa shape index (κ2) is 3.38. The van der Waals surface area contributed by atoms with E-state index in [0.717, 1.165) is 11.3 Å². The molecular formula is C11H11NO4. The number of ether oxygens (including phenoxy) is 3. The van der Waals surface area contributed by atoms with Crippen molar-refractivity contribution in [3.05, 3.63) is 23.8 Å². The van der Waals surface area contributed by atoms with Crippen molar-refractivity contribution >= 4 is 5.97 Å². The lowest BCUT2D eigenvalue weighted by Gasteiger charge is -2.09. The van der Waals surface area contributed by atoms with E-state index in [-0.39, 0.29) is 18.9 Å². The fraction of sp³-hybridized carbons (Fsp3) is 0.364. The molecule has 0 radical (unpaired) electrons. The standard InChI is InChI=1S/C11H11NO4/c12-7-4-9(16-11(7)13)6-1-2-8-10(3-6)15-5-14-8/h1-3,7,9H,4-5,12H2. The molecule has 2 N–H and O–H groups in total. The zero-order valence-corrected chi connectivity index (χ0v) is 8.51. The van der Waals surface area contributed by atoms with Crippen LogP contribution in [0.3, 0.4) is 0 Å². The molecule has 0 saturated carbocycles. The first-order valence-corrected chi connectivity index (χ1v) is 5.09. The van der Waals surface area contributed by atoms with Crippen LogP contribution in [0, 0.1) is 0 Å². The Kier molecular flexibility index (Phi) is 2.00. The van der Waals surface area contributed by atoms with Crippen molar-refractivity contribution in [2.24, 2.45) is 5.73 Å². The third kappa shape index (κ3) is 1.40. The SMILES string of the molecule is NC1CC(c2ccc3c(c2)OCO3)OC1=O. The van der Waals surface area contributed by atoms with E-state index in [0.29, 0.717) is 12.2 Å². The maximum atomic E-state index is 11.2. The lowest BCUT2D eigenvalue weighted by atomic mass is 10.0. The molecule has 5 nitrogen and oxygen atoms in total. The van der Waals surface area contributed by atoms with Crippen LogP contribution in [0.2, 0.25) is 0 Å². The predicted molar refractivity (Wildman–Crippen MR) is 54.0 cm³/mol. The van der Waals surface area contributed by atoms with Crippen LogP contribution in [0.25, 0.3) is 0 Å². The highest BCUT2D eigenvalue weighted by Gasteiger charge is 2.33. The average Bonchev–Trinajstić information content (AvgIpc) is 2.85. The molecule has 0 bridgehead atoms. The van der Waals surface area contributed by atoms with E-state index in [9.17, 15) is 4.79 Å². The summed E-state index contributed by atoms with van der Waals surface area (Å²) in [6, 6.07) is 4.99. The van der Waals surface area contributed by atoms with Crippen LogP contribution in [-0.4, -0.2) is 18.8 Å². The zero-order chi connectivity index (χ0) is 11.1. The van der Waals surface area contributed by atoms with Gasteiger partial charge >= 0.3 is 5.97 Å². The van der Waals surface area contributed by atoms with Crippen LogP contribution in [0.5, 0.6) is 11.5 Å². The summed E-state index contributed by atoms with van der Waals surface area (Å²) >= 11 is 0. The number of cyclic esters (lactones) is 1. The quantitative estimate of drug-likeness (QED) is 0.708. The Balaban J connectivity index is 1.88. The summed E-state index contributed by atoms with van der Waals surface area (Å²) in [7, 11) is 0. The minimum absolute atomic E-state index is 0.239. The van der Waals surface area contributed by atoms with Gasteiger partial charge in [-0.2, -0.15) is 0 Å². The molecule has 2 aliphatic heterocycles. The maximum absolute atomic E-state index is 11.2. The number of esters is 1. The number of carbonyl (C=O) groups excluding carboxylic acids is 1. The van der Waals surface area contributed by atoms with Gasteiger partial charge in [0.05, 0.1) is 0 Å². The average molecular weight is 221 g/mol. The minimum Gasteiger partial charge on any atom is -0.456 e. The molecule has 2 aliphatic rings. The summed E-state index contributed by atoms with van der Waals surface area (Å²) in [5.74, 6) is 1.06. The number of rotatable bonds is 1. The lowest BCUT2D eigenvalue weighted by Crippen LogP contribution is -2.24. The molecule has 1 saturated heterocycles. The molecule has 0 spiro atoms. The van der Waals surface area contributed by atoms with E-state index in [1.165, 1.54) is 0 Å². The summed E-state index contributed by atoms with van der Waals surface area (Å²) in [4.78, 5) is 11.2. The molecule has 0 aromatic heterocycles. The molecule has 1 fully saturated rings. The van der Waals surface area contributed by atoms with Crippen LogP contribution in [0.15, 0.2) is 18.2 Å². The van der Waals surface area contributed by atoms with Gasteiger partial charge in [0, 0.05) is 6.42 Å². The molecule has 1 aromatic rings. The van der Waals surface area contributed by atoms with Crippen LogP contribution in [-0.2, 0) is 9.53 Å². The van der Waals surface area contributed by atoms with Gasteiger partial charge in [-0.3, -0.25) is 4.79 Å². The monoisotopic (exact) mass is 221 g/mol. The van der Waals surface area contributed by atoms with Gasteiger partial charge in [-0.05, 0) is 17.7 Å². The van der Waals surface area contributed by atoms with Gasteiger partial charge in [0.1, 0.15) is 12.1 Å². The molecule has 2 atom stereocenters. The first kappa shape index (κ1) is 9.47. The smallest absolute Gasteiger partial charge is 0.323 e. The predicted octanol–water partition coefficient (Wildman–Crippen LogP) is 0.731. The molecule has 0 amide bonds. The second-order valence-electron chi connectivity index (χ2n) is 3.88. The van der Waals surface area contributed by atoms with Crippen LogP contribution >= 0.6 is 0 Å². The summed E-state index contributed by atoms with van der Waals surface area (Å²) < 4.78 is 15.6. The molecule has 3 rings (SSSR count). The Labute approximate surface area is 92.1 Å². The van der Waals surface area contributed by atoms with E-state index in [1.807, 2.05) is 18.2 Å². The normalized spacial score (nSPS) is 26.9. The molecule has 84 valence electrons. The Morgan fingerprint density at radius 3 is 2.81 bits per heavy atom. The van der Waals surface area contributed by atoms with Crippen molar-refractivity contribution in [1.29, 1.82) is 0 Å². The van der Waals surface area contributed by atoms with Crippen molar-refractivity contribution in [3.8, 4) is 11.5 Å². The number of carbonyl (C=O) groups is 1. The number of hydrogen-bond acceptors (Lipinski definition) is 5. The summed E-state index contributed by atoms with van der Waals surface area (Å²) in [5, 5.41) is 0. The first-order valence-electron chi connectivity index (χ1n) is 5.09. The van der Waals surface area contributed by atoms with Gasteiger partial charge in [0.2, 0.25) is 6.79 Å². The van der Waals surface area contributed by atoms with E-state index >= 15 is 0 Å². The van der Waals surface area contributed by atoms with E-state index in [4.69, 9.17) is 19.9 Å². The molecule has 2 unspecified atom stereocenters. The van der Waals surface area contributed by atoms with Gasteiger partial charge in [-0.1, -0.05) is 6.07 Å². The highest BCUT2D eigenvalue weighted by Crippen LogP contribution is 2.37. The maximum Gasteiger partial charge on any atom is 0.323 e. The molecule has 0 aliphatic carbocycles. The molecule has 5 heteroatoms. The summed E-state index contributed by atoms with van der Waals surface area (Å²) in [5.41, 5.74) is 6.48. The highest BCUT2D eigenvalue weighted by molar-refractivity contribution is 5.78. The minimum atomic E-state index is -0.518. The number of fused-ring (bicyclic) bond motifs is 1. The first-order chi connectivity index (χ1) is 7.74. The fourth-order valence-electron chi connectivity index (χ4n) is 1.92. The highest BCUT2D eigenvalue weighted by atomic mass is 16.7. The van der Waals surface area contributed by atoms with Crippen molar-refractivity contribution in [2.75, 3.05) is 6.79 Å². The van der Waals surface area contributed by atoms with Crippen molar-refractivity contribution in [1.82, 2.24) is 0 Å².